The Hall–Kier alpha value is -4.21. The van der Waals surface area contributed by atoms with E-state index in [1.54, 1.807) is 35.8 Å². The lowest BCUT2D eigenvalue weighted by Crippen LogP contribution is -2.30. The highest BCUT2D eigenvalue weighted by Gasteiger charge is 2.14. The van der Waals surface area contributed by atoms with Crippen LogP contribution in [0.2, 0.25) is 0 Å². The van der Waals surface area contributed by atoms with Gasteiger partial charge in [0.2, 0.25) is 0 Å². The second-order valence-corrected chi connectivity index (χ2v) is 7.06. The molecule has 0 spiro atoms. The van der Waals surface area contributed by atoms with Gasteiger partial charge in [-0.15, -0.1) is 0 Å². The number of benzene rings is 1. The molecule has 3 heterocycles. The molecule has 0 aliphatic carbocycles. The van der Waals surface area contributed by atoms with Crippen molar-refractivity contribution < 1.29 is 9.53 Å². The number of hydrogen-bond acceptors (Lipinski definition) is 7. The smallest absolute Gasteiger partial charge is 0.269 e. The van der Waals surface area contributed by atoms with E-state index in [1.807, 2.05) is 49.5 Å². The predicted molar refractivity (Wildman–Crippen MR) is 120 cm³/mol. The molecule has 1 aromatic carbocycles. The average molecular weight is 432 g/mol. The minimum absolute atomic E-state index is 0.202. The number of ether oxygens (including phenoxy) is 1. The topological polar surface area (TPSA) is 112 Å². The summed E-state index contributed by atoms with van der Waals surface area (Å²) in [6.07, 6.45) is 3.51. The average Bonchev–Trinajstić information content (AvgIpc) is 3.46. The van der Waals surface area contributed by atoms with Gasteiger partial charge in [0.15, 0.2) is 5.82 Å². The lowest BCUT2D eigenvalue weighted by molar-refractivity contribution is 0.0946. The Labute approximate surface area is 185 Å². The van der Waals surface area contributed by atoms with E-state index in [4.69, 9.17) is 4.74 Å². The maximum atomic E-state index is 12.6. The molecule has 3 aromatic heterocycles. The fraction of sp³-hybridized carbons (Fsp3) is 0.227. The van der Waals surface area contributed by atoms with Crippen molar-refractivity contribution in [1.82, 2.24) is 34.8 Å². The maximum absolute atomic E-state index is 12.6. The van der Waals surface area contributed by atoms with Crippen LogP contribution < -0.4 is 15.4 Å². The van der Waals surface area contributed by atoms with Gasteiger partial charge in [-0.3, -0.25) is 9.48 Å². The maximum Gasteiger partial charge on any atom is 0.269 e. The normalized spacial score (nSPS) is 10.7. The molecule has 0 aliphatic rings. The van der Waals surface area contributed by atoms with Crippen LogP contribution in [0.5, 0.6) is 5.75 Å². The third-order valence-electron chi connectivity index (χ3n) is 4.76. The van der Waals surface area contributed by atoms with Gasteiger partial charge < -0.3 is 15.4 Å². The highest BCUT2D eigenvalue weighted by Crippen LogP contribution is 2.23. The minimum atomic E-state index is -0.202. The van der Waals surface area contributed by atoms with Gasteiger partial charge in [0.25, 0.3) is 5.91 Å². The SMILES string of the molecule is COc1cccc(-c2cc(C(=O)NCCNc3cc(-n4cccn4)nc(C)n3)n(C)n2)c1. The molecule has 4 rings (SSSR count). The van der Waals surface area contributed by atoms with E-state index in [1.165, 1.54) is 0 Å². The van der Waals surface area contributed by atoms with Gasteiger partial charge in [-0.1, -0.05) is 12.1 Å². The predicted octanol–water partition coefficient (Wildman–Crippen LogP) is 2.22. The number of carbonyl (C=O) groups excluding carboxylic acids is 1. The molecule has 10 nitrogen and oxygen atoms in total. The molecule has 0 saturated heterocycles. The lowest BCUT2D eigenvalue weighted by atomic mass is 10.1. The lowest BCUT2D eigenvalue weighted by Gasteiger charge is -2.09. The van der Waals surface area contributed by atoms with Gasteiger partial charge in [0.1, 0.15) is 23.1 Å². The number of carbonyl (C=O) groups is 1. The Morgan fingerprint density at radius 2 is 2.00 bits per heavy atom. The summed E-state index contributed by atoms with van der Waals surface area (Å²) in [4.78, 5) is 21.4. The fourth-order valence-electron chi connectivity index (χ4n) is 3.22. The van der Waals surface area contributed by atoms with E-state index in [2.05, 4.69) is 30.8 Å². The zero-order valence-electron chi connectivity index (χ0n) is 18.1. The summed E-state index contributed by atoms with van der Waals surface area (Å²) < 4.78 is 8.51. The van der Waals surface area contributed by atoms with Crippen molar-refractivity contribution in [2.24, 2.45) is 7.05 Å². The van der Waals surface area contributed by atoms with Crippen molar-refractivity contribution in [1.29, 1.82) is 0 Å². The summed E-state index contributed by atoms with van der Waals surface area (Å²) in [6, 6.07) is 13.0. The number of nitrogens with zero attached hydrogens (tertiary/aromatic N) is 6. The van der Waals surface area contributed by atoms with Gasteiger partial charge >= 0.3 is 0 Å². The molecule has 4 aromatic rings. The molecule has 1 amide bonds. The van der Waals surface area contributed by atoms with Crippen molar-refractivity contribution in [3.05, 3.63) is 66.4 Å². The van der Waals surface area contributed by atoms with Crippen LogP contribution in [-0.2, 0) is 7.05 Å². The molecular weight excluding hydrogens is 408 g/mol. The second-order valence-electron chi connectivity index (χ2n) is 7.06. The number of hydrogen-bond donors (Lipinski definition) is 2. The zero-order valence-corrected chi connectivity index (χ0v) is 18.1. The van der Waals surface area contributed by atoms with Crippen LogP contribution in [0.1, 0.15) is 16.3 Å². The van der Waals surface area contributed by atoms with E-state index in [0.717, 1.165) is 11.3 Å². The van der Waals surface area contributed by atoms with Crippen molar-refractivity contribution in [2.45, 2.75) is 6.92 Å². The summed E-state index contributed by atoms with van der Waals surface area (Å²) in [7, 11) is 3.36. The van der Waals surface area contributed by atoms with E-state index in [-0.39, 0.29) is 5.91 Å². The van der Waals surface area contributed by atoms with Gasteiger partial charge in [-0.05, 0) is 31.2 Å². The number of amides is 1. The third-order valence-corrected chi connectivity index (χ3v) is 4.76. The van der Waals surface area contributed by atoms with Crippen LogP contribution in [0.25, 0.3) is 17.1 Å². The van der Waals surface area contributed by atoms with Crippen molar-refractivity contribution in [2.75, 3.05) is 25.5 Å². The number of anilines is 1. The molecule has 0 atom stereocenters. The first-order chi connectivity index (χ1) is 15.5. The molecule has 0 saturated carbocycles. The molecule has 0 fully saturated rings. The largest absolute Gasteiger partial charge is 0.497 e. The fourth-order valence-corrected chi connectivity index (χ4v) is 3.22. The quantitative estimate of drug-likeness (QED) is 0.411. The van der Waals surface area contributed by atoms with Gasteiger partial charge in [-0.25, -0.2) is 14.6 Å². The third kappa shape index (κ3) is 4.75. The first-order valence-electron chi connectivity index (χ1n) is 10.1. The summed E-state index contributed by atoms with van der Waals surface area (Å²) in [5.74, 6) is 2.50. The first kappa shape index (κ1) is 21.0. The molecule has 0 unspecified atom stereocenters. The molecule has 2 N–H and O–H groups in total. The first-order valence-corrected chi connectivity index (χ1v) is 10.1. The summed E-state index contributed by atoms with van der Waals surface area (Å²) in [5.41, 5.74) is 2.06. The standard InChI is InChI=1S/C22H24N8O2/c1-15-26-20(14-21(27-15)30-11-5-8-25-30)23-9-10-24-22(31)19-13-18(28-29(19)2)16-6-4-7-17(12-16)32-3/h4-8,11-14H,9-10H2,1-3H3,(H,24,31)(H,23,26,27). The monoisotopic (exact) mass is 432 g/mol. The number of rotatable bonds is 8. The van der Waals surface area contributed by atoms with Crippen molar-refractivity contribution >= 4 is 11.7 Å². The minimum Gasteiger partial charge on any atom is -0.497 e. The highest BCUT2D eigenvalue weighted by atomic mass is 16.5. The van der Waals surface area contributed by atoms with Crippen LogP contribution in [0, 0.1) is 6.92 Å². The Morgan fingerprint density at radius 1 is 1.12 bits per heavy atom. The molecule has 0 radical (unpaired) electrons. The van der Waals surface area contributed by atoms with E-state index >= 15 is 0 Å². The van der Waals surface area contributed by atoms with Crippen LogP contribution in [0.4, 0.5) is 5.82 Å². The summed E-state index contributed by atoms with van der Waals surface area (Å²) >= 11 is 0. The second kappa shape index (κ2) is 9.29. The number of aromatic nitrogens is 6. The molecule has 0 bridgehead atoms. The Kier molecular flexibility index (Phi) is 6.11. The van der Waals surface area contributed by atoms with Crippen LogP contribution in [0.15, 0.2) is 54.9 Å². The van der Waals surface area contributed by atoms with Gasteiger partial charge in [-0.2, -0.15) is 10.2 Å². The van der Waals surface area contributed by atoms with Gasteiger partial charge in [0, 0.05) is 44.2 Å². The van der Waals surface area contributed by atoms with Crippen molar-refractivity contribution in [3.8, 4) is 22.8 Å². The molecule has 164 valence electrons. The van der Waals surface area contributed by atoms with Crippen LogP contribution in [-0.4, -0.2) is 55.6 Å². The van der Waals surface area contributed by atoms with Crippen molar-refractivity contribution in [3.63, 3.8) is 0 Å². The number of nitrogens with one attached hydrogen (secondary N) is 2. The van der Waals surface area contributed by atoms with E-state index < -0.39 is 0 Å². The van der Waals surface area contributed by atoms with Crippen LogP contribution in [0.3, 0.4) is 0 Å². The number of methoxy groups -OCH3 is 1. The molecule has 32 heavy (non-hydrogen) atoms. The van der Waals surface area contributed by atoms with Gasteiger partial charge in [0.05, 0.1) is 12.8 Å². The molecule has 0 aliphatic heterocycles. The zero-order chi connectivity index (χ0) is 22.5. The van der Waals surface area contributed by atoms with E-state index in [0.29, 0.717) is 41.9 Å². The number of aryl methyl sites for hydroxylation is 2. The Balaban J connectivity index is 1.35. The van der Waals surface area contributed by atoms with Crippen LogP contribution >= 0.6 is 0 Å². The Bertz CT molecular complexity index is 1220. The molecule has 10 heteroatoms. The van der Waals surface area contributed by atoms with E-state index in [9.17, 15) is 4.79 Å². The Morgan fingerprint density at radius 3 is 2.78 bits per heavy atom. The highest BCUT2D eigenvalue weighted by molar-refractivity contribution is 5.93. The summed E-state index contributed by atoms with van der Waals surface area (Å²) in [5, 5.41) is 14.8. The molecular formula is C22H24N8O2. The summed E-state index contributed by atoms with van der Waals surface area (Å²) in [6.45, 7) is 2.74.